The Balaban J connectivity index is 1.75. The second-order valence-electron chi connectivity index (χ2n) is 10.4. The average molecular weight is 486 g/mol. The highest BCUT2D eigenvalue weighted by Crippen LogP contribution is 2.64. The summed E-state index contributed by atoms with van der Waals surface area (Å²) in [5.74, 6) is -2.26. The number of hydrogen-bond acceptors (Lipinski definition) is 5. The van der Waals surface area contributed by atoms with Crippen LogP contribution in [-0.2, 0) is 19.1 Å². The lowest BCUT2D eigenvalue weighted by molar-refractivity contribution is -0.150. The number of likely N-dealkylation sites (tertiary alicyclic amines) is 1. The first kappa shape index (κ1) is 25.6. The molecule has 1 aromatic carbocycles. The normalized spacial score (nSPS) is 32.9. The van der Waals surface area contributed by atoms with Crippen LogP contribution in [0.3, 0.4) is 0 Å². The summed E-state index contributed by atoms with van der Waals surface area (Å²) in [6.07, 6.45) is 3.96. The number of rotatable bonds is 10. The first-order chi connectivity index (χ1) is 16.8. The van der Waals surface area contributed by atoms with Crippen molar-refractivity contribution in [1.29, 1.82) is 0 Å². The molecule has 0 aliphatic carbocycles. The molecule has 3 amide bonds. The number of fused-ring (bicyclic) bond motifs is 1. The van der Waals surface area contributed by atoms with E-state index in [1.165, 1.54) is 4.90 Å². The lowest BCUT2D eigenvalue weighted by atomic mass is 9.65. The molecule has 3 aliphatic heterocycles. The number of anilines is 1. The highest BCUT2D eigenvalue weighted by atomic mass is 16.5. The smallest absolute Gasteiger partial charge is 0.246 e. The van der Waals surface area contributed by atoms with E-state index in [4.69, 9.17) is 4.74 Å². The van der Waals surface area contributed by atoms with Gasteiger partial charge in [-0.3, -0.25) is 14.4 Å². The molecular formula is C27H39N3O5. The molecule has 0 saturated carbocycles. The fourth-order valence-corrected chi connectivity index (χ4v) is 6.73. The molecule has 7 atom stereocenters. The van der Waals surface area contributed by atoms with Crippen LogP contribution in [0.25, 0.3) is 0 Å². The van der Waals surface area contributed by atoms with Crippen molar-refractivity contribution in [2.75, 3.05) is 11.9 Å². The van der Waals surface area contributed by atoms with Crippen LogP contribution in [0.2, 0.25) is 0 Å². The largest absolute Gasteiger partial charge is 0.394 e. The van der Waals surface area contributed by atoms with Gasteiger partial charge in [0, 0.05) is 11.7 Å². The zero-order valence-electron chi connectivity index (χ0n) is 21.3. The molecule has 1 aromatic rings. The van der Waals surface area contributed by atoms with Gasteiger partial charge in [-0.1, -0.05) is 45.4 Å². The number of aliphatic hydroxyl groups is 1. The van der Waals surface area contributed by atoms with Gasteiger partial charge in [-0.25, -0.2) is 0 Å². The van der Waals surface area contributed by atoms with E-state index >= 15 is 0 Å². The molecule has 4 rings (SSSR count). The van der Waals surface area contributed by atoms with E-state index in [0.29, 0.717) is 31.4 Å². The summed E-state index contributed by atoms with van der Waals surface area (Å²) >= 11 is 0. The minimum atomic E-state index is -1.08. The molecule has 192 valence electrons. The molecule has 8 heteroatoms. The third-order valence-electron chi connectivity index (χ3n) is 8.38. The number of carbonyl (C=O) groups is 3. The van der Waals surface area contributed by atoms with Crippen LogP contribution in [0.4, 0.5) is 5.69 Å². The van der Waals surface area contributed by atoms with Crippen molar-refractivity contribution in [2.24, 2.45) is 11.8 Å². The van der Waals surface area contributed by atoms with Crippen molar-refractivity contribution in [1.82, 2.24) is 10.2 Å². The summed E-state index contributed by atoms with van der Waals surface area (Å²) in [6, 6.07) is 7.75. The van der Waals surface area contributed by atoms with Crippen LogP contribution in [-0.4, -0.2) is 63.7 Å². The maximum atomic E-state index is 14.1. The zero-order chi connectivity index (χ0) is 25.4. The highest BCUT2D eigenvalue weighted by molar-refractivity contribution is 6.02. The van der Waals surface area contributed by atoms with E-state index in [2.05, 4.69) is 17.6 Å². The minimum absolute atomic E-state index is 0.0509. The molecular weight excluding hydrogens is 446 g/mol. The zero-order valence-corrected chi connectivity index (χ0v) is 21.3. The van der Waals surface area contributed by atoms with Gasteiger partial charge in [-0.05, 0) is 51.2 Å². The van der Waals surface area contributed by atoms with Gasteiger partial charge >= 0.3 is 0 Å². The number of ether oxygens (including phenoxy) is 1. The lowest BCUT2D eigenvalue weighted by Crippen LogP contribution is -2.59. The van der Waals surface area contributed by atoms with E-state index in [-0.39, 0.29) is 30.4 Å². The van der Waals surface area contributed by atoms with Crippen LogP contribution >= 0.6 is 0 Å². The second-order valence-corrected chi connectivity index (χ2v) is 10.4. The summed E-state index contributed by atoms with van der Waals surface area (Å²) in [4.78, 5) is 43.0. The molecule has 3 heterocycles. The number of nitrogens with one attached hydrogen (secondary N) is 2. The van der Waals surface area contributed by atoms with Gasteiger partial charge in [0.1, 0.15) is 11.6 Å². The highest BCUT2D eigenvalue weighted by Gasteiger charge is 2.79. The molecule has 2 bridgehead atoms. The van der Waals surface area contributed by atoms with Crippen molar-refractivity contribution < 1.29 is 24.2 Å². The maximum absolute atomic E-state index is 14.1. The Morgan fingerprint density at radius 1 is 1.17 bits per heavy atom. The molecule has 1 spiro atoms. The summed E-state index contributed by atoms with van der Waals surface area (Å²) < 4.78 is 6.74. The molecule has 3 unspecified atom stereocenters. The Morgan fingerprint density at radius 3 is 2.49 bits per heavy atom. The van der Waals surface area contributed by atoms with E-state index in [9.17, 15) is 19.5 Å². The number of nitrogens with zero attached hydrogens (tertiary/aromatic N) is 1. The number of hydrogen-bond donors (Lipinski definition) is 3. The maximum Gasteiger partial charge on any atom is 0.246 e. The summed E-state index contributed by atoms with van der Waals surface area (Å²) in [7, 11) is 0. The predicted molar refractivity (Wildman–Crippen MR) is 132 cm³/mol. The van der Waals surface area contributed by atoms with E-state index in [1.807, 2.05) is 51.1 Å². The number of amides is 3. The van der Waals surface area contributed by atoms with Crippen molar-refractivity contribution in [3.8, 4) is 0 Å². The van der Waals surface area contributed by atoms with Crippen LogP contribution in [0.1, 0.15) is 66.2 Å². The monoisotopic (exact) mass is 485 g/mol. The fraction of sp³-hybridized carbons (Fsp3) is 0.667. The van der Waals surface area contributed by atoms with E-state index < -0.39 is 35.1 Å². The molecule has 35 heavy (non-hydrogen) atoms. The average Bonchev–Trinajstić information content (AvgIpc) is 3.45. The van der Waals surface area contributed by atoms with Gasteiger partial charge in [0.25, 0.3) is 0 Å². The van der Waals surface area contributed by atoms with Gasteiger partial charge in [-0.2, -0.15) is 0 Å². The SMILES string of the molecule is CCCC(C)NC(=O)C1N([C@@H](CC)CO)C(=O)[C@@H]2[C@H](C(=O)Nc3ccccc3)[C@]3(CC)CCC12O3. The Morgan fingerprint density at radius 2 is 1.89 bits per heavy atom. The fourth-order valence-electron chi connectivity index (χ4n) is 6.73. The van der Waals surface area contributed by atoms with Crippen molar-refractivity contribution >= 4 is 23.4 Å². The number of benzene rings is 1. The third-order valence-corrected chi connectivity index (χ3v) is 8.38. The van der Waals surface area contributed by atoms with Gasteiger partial charge in [-0.15, -0.1) is 0 Å². The van der Waals surface area contributed by atoms with Crippen molar-refractivity contribution in [3.63, 3.8) is 0 Å². The van der Waals surface area contributed by atoms with Crippen LogP contribution in [0, 0.1) is 11.8 Å². The molecule has 3 saturated heterocycles. The van der Waals surface area contributed by atoms with Gasteiger partial charge in [0.2, 0.25) is 17.7 Å². The lowest BCUT2D eigenvalue weighted by Gasteiger charge is -2.37. The molecule has 8 nitrogen and oxygen atoms in total. The second kappa shape index (κ2) is 9.90. The van der Waals surface area contributed by atoms with E-state index in [1.54, 1.807) is 0 Å². The standard InChI is InChI=1S/C27H39N3O5/c1-5-11-17(4)28-24(33)22-27-15-14-26(7-3,35-27)20(23(32)29-18-12-9-8-10-13-18)21(27)25(34)30(22)19(6-2)16-31/h8-10,12-13,17,19-22,31H,5-7,11,14-16H2,1-4H3,(H,28,33)(H,29,32)/t17?,19-,20+,21-,22?,26-,27?/m0/s1. The first-order valence-corrected chi connectivity index (χ1v) is 13.1. The minimum Gasteiger partial charge on any atom is -0.394 e. The summed E-state index contributed by atoms with van der Waals surface area (Å²) in [5.41, 5.74) is -1.21. The Labute approximate surface area is 207 Å². The first-order valence-electron chi connectivity index (χ1n) is 13.1. The molecule has 3 fully saturated rings. The van der Waals surface area contributed by atoms with E-state index in [0.717, 1.165) is 12.8 Å². The van der Waals surface area contributed by atoms with Crippen molar-refractivity contribution in [3.05, 3.63) is 30.3 Å². The predicted octanol–water partition coefficient (Wildman–Crippen LogP) is 2.86. The molecule has 3 aliphatic rings. The molecule has 0 aromatic heterocycles. The van der Waals surface area contributed by atoms with Gasteiger partial charge < -0.3 is 25.4 Å². The number of para-hydroxylation sites is 1. The molecule has 3 N–H and O–H groups in total. The summed E-state index contributed by atoms with van der Waals surface area (Å²) in [6.45, 7) is 7.63. The van der Waals surface area contributed by atoms with Crippen LogP contribution in [0.5, 0.6) is 0 Å². The quantitative estimate of drug-likeness (QED) is 0.472. The van der Waals surface area contributed by atoms with Gasteiger partial charge in [0.15, 0.2) is 0 Å². The summed E-state index contributed by atoms with van der Waals surface area (Å²) in [5, 5.41) is 16.2. The Bertz CT molecular complexity index is 951. The van der Waals surface area contributed by atoms with Crippen LogP contribution < -0.4 is 10.6 Å². The van der Waals surface area contributed by atoms with Gasteiger partial charge in [0.05, 0.1) is 30.1 Å². The van der Waals surface area contributed by atoms with Crippen LogP contribution in [0.15, 0.2) is 30.3 Å². The Hall–Kier alpha value is -2.45. The number of carbonyl (C=O) groups excluding carboxylic acids is 3. The Kier molecular flexibility index (Phi) is 7.25. The van der Waals surface area contributed by atoms with Crippen molar-refractivity contribution in [2.45, 2.75) is 95.5 Å². The third kappa shape index (κ3) is 4.04. The number of aliphatic hydroxyl groups excluding tert-OH is 1. The topological polar surface area (TPSA) is 108 Å². The molecule has 0 radical (unpaired) electrons.